The van der Waals surface area contributed by atoms with E-state index in [0.29, 0.717) is 0 Å². The minimum atomic E-state index is -2.63. The highest BCUT2D eigenvalue weighted by Crippen LogP contribution is 2.41. The van der Waals surface area contributed by atoms with Gasteiger partial charge in [-0.05, 0) is 24.3 Å². The molecule has 0 heterocycles. The van der Waals surface area contributed by atoms with Crippen LogP contribution in [-0.2, 0) is 16.9 Å². The maximum Gasteiger partial charge on any atom is 0.410 e. The number of ether oxygens (including phenoxy) is 5. The molecule has 0 fully saturated rings. The van der Waals surface area contributed by atoms with E-state index in [1.165, 1.54) is 52.7 Å². The van der Waals surface area contributed by atoms with Crippen LogP contribution in [0.3, 0.4) is 0 Å². The third-order valence-electron chi connectivity index (χ3n) is 4.61. The molecule has 32 heavy (non-hydrogen) atoms. The Hall–Kier alpha value is -4.29. The van der Waals surface area contributed by atoms with Gasteiger partial charge in [0, 0.05) is 5.56 Å². The summed E-state index contributed by atoms with van der Waals surface area (Å²) in [6.45, 7) is 0. The number of nitro benzene ring substituents is 1. The third kappa shape index (κ3) is 4.55. The van der Waals surface area contributed by atoms with E-state index in [0.717, 1.165) is 6.07 Å². The molecule has 13 nitrogen and oxygen atoms in total. The smallest absolute Gasteiger partial charge is 0.410 e. The summed E-state index contributed by atoms with van der Waals surface area (Å²) in [6, 6.07) is 6.09. The van der Waals surface area contributed by atoms with Gasteiger partial charge < -0.3 is 29.4 Å². The van der Waals surface area contributed by atoms with Gasteiger partial charge in [-0.2, -0.15) is 0 Å². The minimum Gasteiger partial charge on any atom is -0.493 e. The Morgan fingerprint density at radius 3 is 1.91 bits per heavy atom. The van der Waals surface area contributed by atoms with Gasteiger partial charge in [0.05, 0.1) is 56.3 Å². The van der Waals surface area contributed by atoms with Crippen LogP contribution < -0.4 is 24.7 Å². The standard InChI is InChI=1S/C19H21N3O10/c1-28-14-6-5-12(8-16(14)30-3)19(22(26)27,32-18(20)23)10-11-7-15(29-2)17(31-4)9-13(11)21(24)25/h5-9H,10H2,1-4H3,(H2,20,23). The number of nitro groups is 2. The molecule has 2 N–H and O–H groups in total. The lowest BCUT2D eigenvalue weighted by Gasteiger charge is -2.25. The summed E-state index contributed by atoms with van der Waals surface area (Å²) in [7, 11) is 5.25. The Morgan fingerprint density at radius 1 is 0.906 bits per heavy atom. The van der Waals surface area contributed by atoms with Crippen LogP contribution in [-0.4, -0.2) is 44.4 Å². The number of methoxy groups -OCH3 is 4. The van der Waals surface area contributed by atoms with Crippen LogP contribution in [0.25, 0.3) is 0 Å². The highest BCUT2D eigenvalue weighted by atomic mass is 16.7. The molecule has 1 amide bonds. The molecule has 2 aromatic rings. The first-order chi connectivity index (χ1) is 15.1. The summed E-state index contributed by atoms with van der Waals surface area (Å²) in [5.41, 5.74) is 1.66. The summed E-state index contributed by atoms with van der Waals surface area (Å²) in [5, 5.41) is 23.9. The van der Waals surface area contributed by atoms with Gasteiger partial charge in [-0.25, -0.2) is 4.79 Å². The van der Waals surface area contributed by atoms with E-state index in [4.69, 9.17) is 29.4 Å². The van der Waals surface area contributed by atoms with Crippen molar-refractivity contribution in [2.75, 3.05) is 28.4 Å². The molecular weight excluding hydrogens is 430 g/mol. The fourth-order valence-electron chi connectivity index (χ4n) is 3.13. The Kier molecular flexibility index (Phi) is 7.25. The number of nitrogens with two attached hydrogens (primary N) is 1. The normalized spacial score (nSPS) is 12.2. The van der Waals surface area contributed by atoms with E-state index in [2.05, 4.69) is 0 Å². The van der Waals surface area contributed by atoms with Crippen LogP contribution in [0.1, 0.15) is 11.1 Å². The molecule has 2 rings (SSSR count). The van der Waals surface area contributed by atoms with E-state index in [-0.39, 0.29) is 34.1 Å². The van der Waals surface area contributed by atoms with Crippen LogP contribution in [0.5, 0.6) is 23.0 Å². The van der Waals surface area contributed by atoms with Crippen LogP contribution in [0.15, 0.2) is 30.3 Å². The van der Waals surface area contributed by atoms with Gasteiger partial charge >= 0.3 is 11.8 Å². The molecule has 0 saturated heterocycles. The van der Waals surface area contributed by atoms with Crippen molar-refractivity contribution in [2.45, 2.75) is 12.1 Å². The van der Waals surface area contributed by atoms with Gasteiger partial charge in [-0.15, -0.1) is 0 Å². The second-order valence-electron chi connectivity index (χ2n) is 6.30. The zero-order valence-corrected chi connectivity index (χ0v) is 17.6. The Labute approximate surface area is 181 Å². The fourth-order valence-corrected chi connectivity index (χ4v) is 3.13. The highest BCUT2D eigenvalue weighted by molar-refractivity contribution is 5.66. The zero-order chi connectivity index (χ0) is 24.1. The lowest BCUT2D eigenvalue weighted by molar-refractivity contribution is -0.631. The topological polar surface area (TPSA) is 176 Å². The van der Waals surface area contributed by atoms with Crippen molar-refractivity contribution in [3.63, 3.8) is 0 Å². The largest absolute Gasteiger partial charge is 0.493 e. The number of carbonyl (C=O) groups is 1. The summed E-state index contributed by atoms with van der Waals surface area (Å²) in [5.74, 6) is 0.476. The number of amides is 1. The number of hydrogen-bond donors (Lipinski definition) is 1. The molecule has 0 aliphatic carbocycles. The lowest BCUT2D eigenvalue weighted by Crippen LogP contribution is -2.44. The van der Waals surface area contributed by atoms with Gasteiger partial charge in [0.25, 0.3) is 5.69 Å². The van der Waals surface area contributed by atoms with Gasteiger partial charge in [-0.1, -0.05) is 0 Å². The van der Waals surface area contributed by atoms with E-state index in [1.54, 1.807) is 0 Å². The molecule has 2 aromatic carbocycles. The molecule has 1 unspecified atom stereocenters. The average molecular weight is 451 g/mol. The number of primary amides is 1. The molecule has 0 spiro atoms. The van der Waals surface area contributed by atoms with E-state index in [1.807, 2.05) is 0 Å². The Bertz CT molecular complexity index is 1040. The molecule has 1 atom stereocenters. The molecule has 0 radical (unpaired) electrons. The summed E-state index contributed by atoms with van der Waals surface area (Å²) in [6.07, 6.45) is -2.21. The zero-order valence-electron chi connectivity index (χ0n) is 17.6. The second-order valence-corrected chi connectivity index (χ2v) is 6.30. The maximum atomic E-state index is 12.2. The number of nitrogens with zero attached hydrogens (tertiary/aromatic N) is 2. The molecule has 172 valence electrons. The van der Waals surface area contributed by atoms with Crippen LogP contribution in [0, 0.1) is 20.2 Å². The van der Waals surface area contributed by atoms with Gasteiger partial charge in [-0.3, -0.25) is 20.2 Å². The first-order valence-electron chi connectivity index (χ1n) is 8.88. The third-order valence-corrected chi connectivity index (χ3v) is 4.61. The predicted molar refractivity (Wildman–Crippen MR) is 109 cm³/mol. The van der Waals surface area contributed by atoms with Crippen molar-refractivity contribution in [1.29, 1.82) is 0 Å². The first kappa shape index (κ1) is 24.0. The first-order valence-corrected chi connectivity index (χ1v) is 8.88. The molecule has 0 aromatic heterocycles. The second kappa shape index (κ2) is 9.68. The Balaban J connectivity index is 2.80. The Morgan fingerprint density at radius 2 is 1.44 bits per heavy atom. The summed E-state index contributed by atoms with van der Waals surface area (Å²) < 4.78 is 25.5. The molecule has 0 aliphatic rings. The van der Waals surface area contributed by atoms with Crippen molar-refractivity contribution in [1.82, 2.24) is 0 Å². The highest BCUT2D eigenvalue weighted by Gasteiger charge is 2.51. The monoisotopic (exact) mass is 451 g/mol. The number of hydrogen-bond acceptors (Lipinski definition) is 10. The lowest BCUT2D eigenvalue weighted by atomic mass is 9.93. The quantitative estimate of drug-likeness (QED) is 0.320. The number of rotatable bonds is 10. The van der Waals surface area contributed by atoms with Crippen molar-refractivity contribution in [3.05, 3.63) is 61.7 Å². The van der Waals surface area contributed by atoms with E-state index < -0.39 is 33.8 Å². The van der Waals surface area contributed by atoms with Gasteiger partial charge in [0.2, 0.25) is 0 Å². The molecule has 0 aliphatic heterocycles. The van der Waals surface area contributed by atoms with Crippen LogP contribution in [0.2, 0.25) is 0 Å². The van der Waals surface area contributed by atoms with Crippen molar-refractivity contribution >= 4 is 11.8 Å². The van der Waals surface area contributed by atoms with Crippen molar-refractivity contribution < 1.29 is 38.3 Å². The van der Waals surface area contributed by atoms with Crippen molar-refractivity contribution in [3.8, 4) is 23.0 Å². The average Bonchev–Trinajstić information content (AvgIpc) is 2.76. The minimum absolute atomic E-state index is 0.0385. The SMILES string of the molecule is COc1ccc(C(Cc2cc(OC)c(OC)cc2[N+](=O)[O-])(OC(N)=O)[N+](=O)[O-])cc1OC. The predicted octanol–water partition coefficient (Wildman–Crippen LogP) is 2.40. The number of benzene rings is 2. The summed E-state index contributed by atoms with van der Waals surface area (Å²) >= 11 is 0. The van der Waals surface area contributed by atoms with Crippen LogP contribution in [0.4, 0.5) is 10.5 Å². The molecular formula is C19H21N3O10. The summed E-state index contributed by atoms with van der Waals surface area (Å²) in [4.78, 5) is 33.9. The van der Waals surface area contributed by atoms with Gasteiger partial charge in [0.15, 0.2) is 23.0 Å². The van der Waals surface area contributed by atoms with E-state index >= 15 is 0 Å². The number of carbonyl (C=O) groups excluding carboxylic acids is 1. The molecule has 13 heteroatoms. The van der Waals surface area contributed by atoms with Crippen LogP contribution >= 0.6 is 0 Å². The van der Waals surface area contributed by atoms with Crippen molar-refractivity contribution in [2.24, 2.45) is 5.73 Å². The fraction of sp³-hybridized carbons (Fsp3) is 0.316. The maximum absolute atomic E-state index is 12.2. The van der Waals surface area contributed by atoms with E-state index in [9.17, 15) is 25.0 Å². The molecule has 0 bridgehead atoms. The molecule has 0 saturated carbocycles. The van der Waals surface area contributed by atoms with Gasteiger partial charge in [0.1, 0.15) is 0 Å².